The van der Waals surface area contributed by atoms with Crippen LogP contribution in [0.2, 0.25) is 0 Å². The fourth-order valence-corrected chi connectivity index (χ4v) is 4.83. The Balaban J connectivity index is 1.74. The van der Waals surface area contributed by atoms with Crippen molar-refractivity contribution in [3.05, 3.63) is 93.0 Å². The highest BCUT2D eigenvalue weighted by Crippen LogP contribution is 2.41. The number of nitrogen functional groups attached to an aromatic ring is 1. The summed E-state index contributed by atoms with van der Waals surface area (Å²) in [5, 5.41) is 64.3. The lowest BCUT2D eigenvalue weighted by Gasteiger charge is -2.18. The van der Waals surface area contributed by atoms with Gasteiger partial charge in [0.05, 0.1) is 0 Å². The quantitative estimate of drug-likeness (QED) is 0.0779. The van der Waals surface area contributed by atoms with Gasteiger partial charge in [-0.1, -0.05) is 41.9 Å². The summed E-state index contributed by atoms with van der Waals surface area (Å²) in [5.41, 5.74) is 10.6. The van der Waals surface area contributed by atoms with Crippen molar-refractivity contribution < 1.29 is 30.6 Å². The highest BCUT2D eigenvalue weighted by atomic mass is 16.3. The van der Waals surface area contributed by atoms with E-state index in [2.05, 4.69) is 0 Å². The third-order valence-corrected chi connectivity index (χ3v) is 6.79. The van der Waals surface area contributed by atoms with Crippen molar-refractivity contribution in [1.82, 2.24) is 0 Å². The number of anilines is 1. The van der Waals surface area contributed by atoms with Crippen LogP contribution in [-0.2, 0) is 25.7 Å². The van der Waals surface area contributed by atoms with Crippen molar-refractivity contribution in [3.63, 3.8) is 0 Å². The van der Waals surface area contributed by atoms with Crippen LogP contribution in [0.15, 0.2) is 48.5 Å². The Bertz CT molecular complexity index is 1310. The predicted molar refractivity (Wildman–Crippen MR) is 137 cm³/mol. The first kappa shape index (κ1) is 23.3. The minimum absolute atomic E-state index is 0.0455. The van der Waals surface area contributed by atoms with Crippen molar-refractivity contribution in [3.8, 4) is 34.5 Å². The molecule has 4 aliphatic rings. The van der Waals surface area contributed by atoms with E-state index in [1.165, 1.54) is 12.1 Å². The van der Waals surface area contributed by atoms with Gasteiger partial charge >= 0.3 is 0 Å². The summed E-state index contributed by atoms with van der Waals surface area (Å²) in [6, 6.07) is 12.7. The van der Waals surface area contributed by atoms with Crippen molar-refractivity contribution in [2.24, 2.45) is 0 Å². The van der Waals surface area contributed by atoms with Crippen LogP contribution >= 0.6 is 0 Å². The monoisotopic (exact) mass is 481 g/mol. The van der Waals surface area contributed by atoms with Crippen molar-refractivity contribution >= 4 is 19.0 Å². The lowest BCUT2D eigenvalue weighted by Crippen LogP contribution is -2.08. The number of rotatable bonds is 0. The molecule has 0 aliphatic heterocycles. The van der Waals surface area contributed by atoms with E-state index in [4.69, 9.17) is 13.6 Å². The molecule has 2 radical (unpaired) electrons. The van der Waals surface area contributed by atoms with E-state index in [1.807, 2.05) is 0 Å². The van der Waals surface area contributed by atoms with E-state index in [0.717, 1.165) is 0 Å². The lowest BCUT2D eigenvalue weighted by molar-refractivity contribution is 0.395. The molecule has 36 heavy (non-hydrogen) atoms. The molecule has 8 heteroatoms. The van der Waals surface area contributed by atoms with E-state index in [-0.39, 0.29) is 60.2 Å². The summed E-state index contributed by atoms with van der Waals surface area (Å²) in [7, 11) is 6.08. The van der Waals surface area contributed by atoms with Crippen LogP contribution in [0.1, 0.15) is 44.5 Å². The minimum atomic E-state index is -0.326. The molecule has 8 N–H and O–H groups in total. The molecule has 0 unspecified atom stereocenters. The topological polar surface area (TPSA) is 147 Å². The zero-order valence-electron chi connectivity index (χ0n) is 19.3. The largest absolute Gasteiger partial charge is 0.508 e. The Labute approximate surface area is 208 Å². The van der Waals surface area contributed by atoms with Gasteiger partial charge in [-0.25, -0.2) is 0 Å². The molecule has 8 bridgehead atoms. The molecule has 0 aromatic heterocycles. The number of nitrogens with two attached hydrogens (primary N) is 1. The normalized spacial score (nSPS) is 12.9. The first-order chi connectivity index (χ1) is 17.1. The molecule has 0 amide bonds. The molecule has 7 nitrogen and oxygen atoms in total. The van der Waals surface area contributed by atoms with E-state index in [1.54, 1.807) is 36.4 Å². The van der Waals surface area contributed by atoms with Gasteiger partial charge in [-0.2, -0.15) is 0 Å². The SMILES string of the molecule is [B]c1cc2c(O)c(c1)Cc1ccc(c(O)c1O)Cc1cc(O)cc(c1N)Cc1ccc(c(O)c1O)C2. The second-order valence-electron chi connectivity index (χ2n) is 9.23. The average Bonchev–Trinajstić information content (AvgIpc) is 2.83. The van der Waals surface area contributed by atoms with E-state index >= 15 is 0 Å². The van der Waals surface area contributed by atoms with E-state index in [0.29, 0.717) is 55.7 Å². The number of aromatic hydroxyl groups is 6. The maximum Gasteiger partial charge on any atom is 0.161 e. The Morgan fingerprint density at radius 3 is 1.17 bits per heavy atom. The Kier molecular flexibility index (Phi) is 5.59. The first-order valence-electron chi connectivity index (χ1n) is 11.4. The summed E-state index contributed by atoms with van der Waals surface area (Å²) in [5.74, 6) is -1.40. The second-order valence-corrected chi connectivity index (χ2v) is 9.23. The third-order valence-electron chi connectivity index (χ3n) is 6.79. The lowest BCUT2D eigenvalue weighted by atomic mass is 9.86. The Morgan fingerprint density at radius 2 is 0.806 bits per heavy atom. The standard InChI is InChI=1S/C28H24BNO6/c29-21-9-19-7-15-3-1-13(25(33)27(15)35)5-17-11-22(31)12-18(23(17)30)6-14-2-4-16(28(36)26(14)34)8-20(10-21)24(19)32/h1-4,9-12,31-36H,5-8,30H2. The van der Waals surface area contributed by atoms with Gasteiger partial charge in [0.25, 0.3) is 0 Å². The Hall–Kier alpha value is -4.46. The fourth-order valence-electron chi connectivity index (χ4n) is 4.83. The van der Waals surface area contributed by atoms with Gasteiger partial charge < -0.3 is 36.4 Å². The van der Waals surface area contributed by atoms with Crippen LogP contribution in [0.25, 0.3) is 0 Å². The fraction of sp³-hybridized carbons (Fsp3) is 0.143. The van der Waals surface area contributed by atoms with E-state index < -0.39 is 0 Å². The summed E-state index contributed by atoms with van der Waals surface area (Å²) in [6.45, 7) is 0. The first-order valence-corrected chi connectivity index (χ1v) is 11.4. The summed E-state index contributed by atoms with van der Waals surface area (Å²) >= 11 is 0. The number of phenols is 6. The highest BCUT2D eigenvalue weighted by Gasteiger charge is 2.20. The average molecular weight is 481 g/mol. The summed E-state index contributed by atoms with van der Waals surface area (Å²) < 4.78 is 0. The number of hydrogen-bond acceptors (Lipinski definition) is 7. The zero-order chi connectivity index (χ0) is 25.7. The van der Waals surface area contributed by atoms with Gasteiger partial charge in [0.2, 0.25) is 0 Å². The highest BCUT2D eigenvalue weighted by molar-refractivity contribution is 6.32. The van der Waals surface area contributed by atoms with E-state index in [9.17, 15) is 30.6 Å². The Morgan fingerprint density at radius 1 is 0.472 bits per heavy atom. The van der Waals surface area contributed by atoms with Crippen LogP contribution in [0.4, 0.5) is 5.69 Å². The molecular formula is C28H24BNO6. The van der Waals surface area contributed by atoms with Gasteiger partial charge in [-0.05, 0) is 34.4 Å². The van der Waals surface area contributed by atoms with Crippen molar-refractivity contribution in [2.45, 2.75) is 25.7 Å². The molecule has 0 spiro atoms. The maximum absolute atomic E-state index is 11.0. The van der Waals surface area contributed by atoms with Crippen LogP contribution in [0.3, 0.4) is 0 Å². The summed E-state index contributed by atoms with van der Waals surface area (Å²) in [4.78, 5) is 0. The van der Waals surface area contributed by atoms with Gasteiger partial charge in [0, 0.05) is 53.6 Å². The van der Waals surface area contributed by atoms with Crippen LogP contribution in [-0.4, -0.2) is 38.5 Å². The molecular weight excluding hydrogens is 457 g/mol. The molecule has 8 rings (SSSR count). The molecule has 0 saturated carbocycles. The molecule has 4 aromatic carbocycles. The molecule has 4 aliphatic carbocycles. The third kappa shape index (κ3) is 4.00. The second kappa shape index (κ2) is 8.64. The predicted octanol–water partition coefficient (Wildman–Crippen LogP) is 2.97. The van der Waals surface area contributed by atoms with Crippen LogP contribution < -0.4 is 11.2 Å². The number of hydrogen-bond donors (Lipinski definition) is 7. The molecule has 0 heterocycles. The smallest absolute Gasteiger partial charge is 0.161 e. The number of phenolic OH excluding ortho intramolecular Hbond substituents is 6. The molecule has 180 valence electrons. The summed E-state index contributed by atoms with van der Waals surface area (Å²) in [6.07, 6.45) is 0.407. The van der Waals surface area contributed by atoms with Gasteiger partial charge in [0.1, 0.15) is 19.3 Å². The van der Waals surface area contributed by atoms with Crippen molar-refractivity contribution in [1.29, 1.82) is 0 Å². The van der Waals surface area contributed by atoms with Crippen molar-refractivity contribution in [2.75, 3.05) is 5.73 Å². The minimum Gasteiger partial charge on any atom is -0.508 e. The maximum atomic E-state index is 11.0. The zero-order valence-corrected chi connectivity index (χ0v) is 19.3. The van der Waals surface area contributed by atoms with Gasteiger partial charge in [0.15, 0.2) is 23.0 Å². The van der Waals surface area contributed by atoms with Crippen LogP contribution in [0.5, 0.6) is 34.5 Å². The number of benzene rings is 4. The van der Waals surface area contributed by atoms with Gasteiger partial charge in [-0.15, -0.1) is 0 Å². The molecule has 0 saturated heterocycles. The van der Waals surface area contributed by atoms with Crippen LogP contribution in [0, 0.1) is 0 Å². The molecule has 0 atom stereocenters. The molecule has 4 aromatic rings. The van der Waals surface area contributed by atoms with Gasteiger partial charge in [-0.3, -0.25) is 0 Å². The molecule has 0 fully saturated rings.